The molecule has 0 unspecified atom stereocenters. The van der Waals surface area contributed by atoms with E-state index in [1.165, 1.54) is 0 Å². The second kappa shape index (κ2) is 4.10. The van der Waals surface area contributed by atoms with Crippen LogP contribution in [0, 0.1) is 11.2 Å². The van der Waals surface area contributed by atoms with Gasteiger partial charge >= 0.3 is 0 Å². The molecule has 1 heterocycles. The van der Waals surface area contributed by atoms with Crippen molar-refractivity contribution in [3.8, 4) is 0 Å². The van der Waals surface area contributed by atoms with Crippen molar-refractivity contribution in [1.82, 2.24) is 9.97 Å². The number of aromatic nitrogens is 2. The number of nitrogens with one attached hydrogen (secondary N) is 1. The Labute approximate surface area is 91.9 Å². The zero-order valence-corrected chi connectivity index (χ0v) is 9.39. The maximum atomic E-state index is 13.1. The number of halogens is 2. The minimum absolute atomic E-state index is 0.111. The first-order valence-electron chi connectivity index (χ1n) is 4.30. The summed E-state index contributed by atoms with van der Waals surface area (Å²) in [5.41, 5.74) is -0.621. The molecule has 0 saturated heterocycles. The molecule has 0 spiro atoms. The Kier molecular flexibility index (Phi) is 3.24. The SMILES string of the molecule is CC(C)(C)C(=O)Nc1nc(Cl)ncc1F. The van der Waals surface area contributed by atoms with Crippen LogP contribution in [0.2, 0.25) is 5.28 Å². The number of amides is 1. The number of rotatable bonds is 1. The molecule has 82 valence electrons. The third-order valence-electron chi connectivity index (χ3n) is 1.63. The van der Waals surface area contributed by atoms with Gasteiger partial charge in [-0.15, -0.1) is 0 Å². The summed E-state index contributed by atoms with van der Waals surface area (Å²) in [6, 6.07) is 0. The Balaban J connectivity index is 2.90. The van der Waals surface area contributed by atoms with E-state index in [1.807, 2.05) is 0 Å². The van der Waals surface area contributed by atoms with Crippen molar-refractivity contribution in [2.24, 2.45) is 5.41 Å². The summed E-state index contributed by atoms with van der Waals surface area (Å²) in [6.45, 7) is 5.13. The molecular formula is C9H11ClFN3O. The van der Waals surface area contributed by atoms with Gasteiger partial charge in [0.05, 0.1) is 6.20 Å². The van der Waals surface area contributed by atoms with Gasteiger partial charge in [0.25, 0.3) is 0 Å². The summed E-state index contributed by atoms with van der Waals surface area (Å²) >= 11 is 5.47. The summed E-state index contributed by atoms with van der Waals surface area (Å²) in [7, 11) is 0. The Morgan fingerprint density at radius 3 is 2.67 bits per heavy atom. The van der Waals surface area contributed by atoms with Crippen LogP contribution in [0.3, 0.4) is 0 Å². The van der Waals surface area contributed by atoms with Crippen LogP contribution in [0.1, 0.15) is 20.8 Å². The molecule has 6 heteroatoms. The van der Waals surface area contributed by atoms with Gasteiger partial charge in [-0.3, -0.25) is 4.79 Å². The highest BCUT2D eigenvalue weighted by atomic mass is 35.5. The molecule has 0 aromatic carbocycles. The fraction of sp³-hybridized carbons (Fsp3) is 0.444. The van der Waals surface area contributed by atoms with E-state index in [0.717, 1.165) is 6.20 Å². The van der Waals surface area contributed by atoms with E-state index >= 15 is 0 Å². The van der Waals surface area contributed by atoms with E-state index in [9.17, 15) is 9.18 Å². The van der Waals surface area contributed by atoms with Crippen molar-refractivity contribution in [2.75, 3.05) is 5.32 Å². The van der Waals surface area contributed by atoms with Gasteiger partial charge in [-0.05, 0) is 11.6 Å². The normalized spacial score (nSPS) is 11.3. The van der Waals surface area contributed by atoms with Crippen molar-refractivity contribution in [3.63, 3.8) is 0 Å². The van der Waals surface area contributed by atoms with Gasteiger partial charge in [-0.2, -0.15) is 4.98 Å². The Morgan fingerprint density at radius 1 is 1.53 bits per heavy atom. The number of anilines is 1. The van der Waals surface area contributed by atoms with Crippen molar-refractivity contribution < 1.29 is 9.18 Å². The van der Waals surface area contributed by atoms with Gasteiger partial charge in [0.15, 0.2) is 11.6 Å². The predicted octanol–water partition coefficient (Wildman–Crippen LogP) is 2.25. The zero-order chi connectivity index (χ0) is 11.6. The molecule has 1 amide bonds. The van der Waals surface area contributed by atoms with Gasteiger partial charge in [-0.25, -0.2) is 9.37 Å². The van der Waals surface area contributed by atoms with Crippen LogP contribution in [0.25, 0.3) is 0 Å². The molecule has 1 rings (SSSR count). The van der Waals surface area contributed by atoms with Crippen LogP contribution >= 0.6 is 11.6 Å². The first-order valence-corrected chi connectivity index (χ1v) is 4.68. The molecule has 0 aliphatic carbocycles. The fourth-order valence-corrected chi connectivity index (χ4v) is 0.862. The third kappa shape index (κ3) is 3.13. The molecular weight excluding hydrogens is 221 g/mol. The lowest BCUT2D eigenvalue weighted by Crippen LogP contribution is -2.28. The first-order chi connectivity index (χ1) is 6.80. The highest BCUT2D eigenvalue weighted by Gasteiger charge is 2.22. The summed E-state index contributed by atoms with van der Waals surface area (Å²) < 4.78 is 13.1. The van der Waals surface area contributed by atoms with Crippen LogP contribution < -0.4 is 5.32 Å². The van der Waals surface area contributed by atoms with Crippen molar-refractivity contribution in [1.29, 1.82) is 0 Å². The van der Waals surface area contributed by atoms with Crippen LogP contribution in [-0.2, 0) is 4.79 Å². The summed E-state index contributed by atoms with van der Waals surface area (Å²) in [6.07, 6.45) is 0.910. The maximum Gasteiger partial charge on any atom is 0.230 e. The number of hydrogen-bond acceptors (Lipinski definition) is 3. The first kappa shape index (κ1) is 11.8. The van der Waals surface area contributed by atoms with E-state index < -0.39 is 11.2 Å². The van der Waals surface area contributed by atoms with Gasteiger partial charge in [-0.1, -0.05) is 20.8 Å². The molecule has 1 aromatic heterocycles. The van der Waals surface area contributed by atoms with Crippen molar-refractivity contribution in [3.05, 3.63) is 17.3 Å². The number of hydrogen-bond donors (Lipinski definition) is 1. The van der Waals surface area contributed by atoms with Gasteiger partial charge in [0.1, 0.15) is 0 Å². The minimum Gasteiger partial charge on any atom is -0.308 e. The molecule has 1 N–H and O–H groups in total. The molecule has 0 fully saturated rings. The lowest BCUT2D eigenvalue weighted by atomic mass is 9.96. The zero-order valence-electron chi connectivity index (χ0n) is 8.64. The van der Waals surface area contributed by atoms with Gasteiger partial charge in [0.2, 0.25) is 11.2 Å². The molecule has 0 radical (unpaired) electrons. The van der Waals surface area contributed by atoms with E-state index in [-0.39, 0.29) is 17.0 Å². The molecule has 4 nitrogen and oxygen atoms in total. The molecule has 0 atom stereocenters. The van der Waals surface area contributed by atoms with E-state index in [4.69, 9.17) is 11.6 Å². The second-order valence-corrected chi connectivity index (χ2v) is 4.38. The van der Waals surface area contributed by atoms with Gasteiger partial charge < -0.3 is 5.32 Å². The summed E-state index contributed by atoms with van der Waals surface area (Å²) in [5.74, 6) is -1.25. The lowest BCUT2D eigenvalue weighted by molar-refractivity contribution is -0.123. The molecule has 15 heavy (non-hydrogen) atoms. The highest BCUT2D eigenvalue weighted by molar-refractivity contribution is 6.28. The number of carbonyl (C=O) groups is 1. The Hall–Kier alpha value is -1.23. The van der Waals surface area contributed by atoms with Crippen LogP contribution in [-0.4, -0.2) is 15.9 Å². The molecule has 0 bridgehead atoms. The van der Waals surface area contributed by atoms with E-state index in [0.29, 0.717) is 0 Å². The quantitative estimate of drug-likeness (QED) is 0.755. The van der Waals surface area contributed by atoms with Gasteiger partial charge in [0, 0.05) is 5.41 Å². The topological polar surface area (TPSA) is 54.9 Å². The summed E-state index contributed by atoms with van der Waals surface area (Å²) in [5, 5.41) is 2.23. The largest absolute Gasteiger partial charge is 0.308 e. The van der Waals surface area contributed by atoms with Crippen LogP contribution in [0.5, 0.6) is 0 Å². The lowest BCUT2D eigenvalue weighted by Gasteiger charge is -2.17. The predicted molar refractivity (Wildman–Crippen MR) is 55.1 cm³/mol. The minimum atomic E-state index is -0.711. The molecule has 0 saturated carbocycles. The van der Waals surface area contributed by atoms with E-state index in [2.05, 4.69) is 15.3 Å². The Bertz CT molecular complexity index is 389. The second-order valence-electron chi connectivity index (χ2n) is 4.04. The van der Waals surface area contributed by atoms with Crippen LogP contribution in [0.15, 0.2) is 6.20 Å². The fourth-order valence-electron chi connectivity index (χ4n) is 0.728. The smallest absolute Gasteiger partial charge is 0.230 e. The standard InChI is InChI=1S/C9H11ClFN3O/c1-9(2,3)7(15)13-6-5(11)4-12-8(10)14-6/h4H,1-3H3,(H,12,13,14,15). The van der Waals surface area contributed by atoms with Crippen molar-refractivity contribution in [2.45, 2.75) is 20.8 Å². The average molecular weight is 232 g/mol. The van der Waals surface area contributed by atoms with Crippen LogP contribution in [0.4, 0.5) is 10.2 Å². The summed E-state index contributed by atoms with van der Waals surface area (Å²) in [4.78, 5) is 18.5. The molecule has 1 aromatic rings. The van der Waals surface area contributed by atoms with Crippen molar-refractivity contribution >= 4 is 23.3 Å². The monoisotopic (exact) mass is 231 g/mol. The number of nitrogens with zero attached hydrogens (tertiary/aromatic N) is 2. The average Bonchev–Trinajstić information content (AvgIpc) is 2.09. The molecule has 0 aliphatic heterocycles. The maximum absolute atomic E-state index is 13.1. The van der Waals surface area contributed by atoms with E-state index in [1.54, 1.807) is 20.8 Å². The highest BCUT2D eigenvalue weighted by Crippen LogP contribution is 2.18. The Morgan fingerprint density at radius 2 is 2.13 bits per heavy atom. The molecule has 0 aliphatic rings. The third-order valence-corrected chi connectivity index (χ3v) is 1.81. The number of carbonyl (C=O) groups excluding carboxylic acids is 1.